The molecule has 1 N–H and O–H groups in total. The third kappa shape index (κ3) is 4.06. The third-order valence-corrected chi connectivity index (χ3v) is 4.17. The van der Waals surface area contributed by atoms with Gasteiger partial charge >= 0.3 is 0 Å². The Morgan fingerprint density at radius 3 is 2.53 bits per heavy atom. The molecule has 0 aromatic heterocycles. The van der Waals surface area contributed by atoms with Crippen LogP contribution in [0, 0.1) is 5.82 Å². The minimum Gasteiger partial charge on any atom is -0.350 e. The fourth-order valence-corrected chi connectivity index (χ4v) is 2.43. The molecule has 106 valence electrons. The summed E-state index contributed by atoms with van der Waals surface area (Å²) < 4.78 is 35.8. The first-order valence-corrected chi connectivity index (χ1v) is 8.10. The molecule has 0 aliphatic rings. The average Bonchev–Trinajstić information content (AvgIpc) is 2.26. The molecule has 0 heterocycles. The highest BCUT2D eigenvalue weighted by Gasteiger charge is 2.22. The number of amides is 1. The Labute approximate surface area is 120 Å². The molecule has 1 atom stereocenters. The Balaban J connectivity index is 3.26. The molecule has 1 rings (SSSR count). The summed E-state index contributed by atoms with van der Waals surface area (Å²) in [6, 6.07) is 1.46. The van der Waals surface area contributed by atoms with E-state index >= 15 is 0 Å². The van der Waals surface area contributed by atoms with Crippen LogP contribution in [-0.4, -0.2) is 20.4 Å². The van der Waals surface area contributed by atoms with Crippen LogP contribution in [0.15, 0.2) is 17.0 Å². The molecule has 0 bridgehead atoms. The molecule has 0 aliphatic carbocycles. The van der Waals surface area contributed by atoms with Gasteiger partial charge in [0.2, 0.25) is 0 Å². The van der Waals surface area contributed by atoms with Crippen molar-refractivity contribution in [2.45, 2.75) is 31.2 Å². The smallest absolute Gasteiger partial charge is 0.264 e. The van der Waals surface area contributed by atoms with Gasteiger partial charge in [0.05, 0.1) is 10.6 Å². The summed E-state index contributed by atoms with van der Waals surface area (Å²) in [7, 11) is 0.802. The van der Waals surface area contributed by atoms with Crippen molar-refractivity contribution in [3.05, 3.63) is 28.5 Å². The van der Waals surface area contributed by atoms with Crippen molar-refractivity contribution in [3.8, 4) is 0 Å². The first kappa shape index (κ1) is 16.2. The van der Waals surface area contributed by atoms with E-state index in [9.17, 15) is 17.6 Å². The van der Waals surface area contributed by atoms with Gasteiger partial charge in [-0.3, -0.25) is 4.79 Å². The second kappa shape index (κ2) is 6.07. The minimum absolute atomic E-state index is 0.121. The fourth-order valence-electron chi connectivity index (χ4n) is 1.29. The van der Waals surface area contributed by atoms with E-state index in [4.69, 9.17) is 22.3 Å². The Bertz CT molecular complexity index is 604. The van der Waals surface area contributed by atoms with Gasteiger partial charge in [-0.05, 0) is 25.5 Å². The van der Waals surface area contributed by atoms with Crippen molar-refractivity contribution in [3.63, 3.8) is 0 Å². The van der Waals surface area contributed by atoms with E-state index in [0.717, 1.165) is 12.1 Å². The van der Waals surface area contributed by atoms with Gasteiger partial charge in [-0.15, -0.1) is 0 Å². The van der Waals surface area contributed by atoms with E-state index in [2.05, 4.69) is 5.32 Å². The van der Waals surface area contributed by atoms with Crippen LogP contribution in [-0.2, 0) is 9.05 Å². The summed E-state index contributed by atoms with van der Waals surface area (Å²) in [5.41, 5.74) is -0.136. The molecule has 8 heteroatoms. The van der Waals surface area contributed by atoms with Crippen molar-refractivity contribution in [1.82, 2.24) is 5.32 Å². The molecule has 1 unspecified atom stereocenters. The molecule has 0 radical (unpaired) electrons. The topological polar surface area (TPSA) is 63.2 Å². The number of hydrogen-bond acceptors (Lipinski definition) is 3. The highest BCUT2D eigenvalue weighted by atomic mass is 35.7. The van der Waals surface area contributed by atoms with Crippen LogP contribution in [0.4, 0.5) is 4.39 Å². The maximum absolute atomic E-state index is 13.4. The molecular formula is C11H12Cl2FNO3S. The monoisotopic (exact) mass is 327 g/mol. The van der Waals surface area contributed by atoms with Gasteiger partial charge in [-0.2, -0.15) is 0 Å². The van der Waals surface area contributed by atoms with Gasteiger partial charge in [0, 0.05) is 16.7 Å². The van der Waals surface area contributed by atoms with Gasteiger partial charge < -0.3 is 5.32 Å². The van der Waals surface area contributed by atoms with Crippen LogP contribution in [0.1, 0.15) is 30.6 Å². The molecule has 0 saturated carbocycles. The summed E-state index contributed by atoms with van der Waals surface area (Å²) in [6.45, 7) is 3.64. The number of rotatable bonds is 4. The zero-order valence-electron chi connectivity index (χ0n) is 10.2. The van der Waals surface area contributed by atoms with E-state index in [1.54, 1.807) is 6.92 Å². The lowest BCUT2D eigenvalue weighted by atomic mass is 10.2. The molecule has 0 fully saturated rings. The van der Waals surface area contributed by atoms with Gasteiger partial charge in [-0.25, -0.2) is 12.8 Å². The molecule has 1 aromatic rings. The normalized spacial score (nSPS) is 13.1. The van der Waals surface area contributed by atoms with E-state index in [1.807, 2.05) is 6.92 Å². The van der Waals surface area contributed by atoms with Gasteiger partial charge in [0.25, 0.3) is 15.0 Å². The standard InChI is InChI=1S/C11H12Cl2FNO3S/c1-3-6(2)15-11(16)7-4-10(19(13,17)18)9(14)5-8(7)12/h4-6H,3H2,1-2H3,(H,15,16). The van der Waals surface area contributed by atoms with Crippen molar-refractivity contribution >= 4 is 37.2 Å². The van der Waals surface area contributed by atoms with Gasteiger partial charge in [-0.1, -0.05) is 18.5 Å². The largest absolute Gasteiger partial charge is 0.350 e. The Morgan fingerprint density at radius 1 is 1.47 bits per heavy atom. The predicted octanol–water partition coefficient (Wildman–Crippen LogP) is 2.93. The lowest BCUT2D eigenvalue weighted by molar-refractivity contribution is 0.0939. The second-order valence-corrected chi connectivity index (χ2v) is 6.92. The van der Waals surface area contributed by atoms with E-state index in [1.165, 1.54) is 0 Å². The van der Waals surface area contributed by atoms with Crippen molar-refractivity contribution < 1.29 is 17.6 Å². The Morgan fingerprint density at radius 2 is 2.05 bits per heavy atom. The Hall–Kier alpha value is -0.850. The highest BCUT2D eigenvalue weighted by Crippen LogP contribution is 2.26. The number of nitrogens with one attached hydrogen (secondary N) is 1. The number of carbonyl (C=O) groups excluding carboxylic acids is 1. The second-order valence-electron chi connectivity index (χ2n) is 3.98. The van der Waals surface area contributed by atoms with Crippen molar-refractivity contribution in [2.24, 2.45) is 0 Å². The average molecular weight is 328 g/mol. The van der Waals surface area contributed by atoms with Crippen LogP contribution in [0.3, 0.4) is 0 Å². The van der Waals surface area contributed by atoms with Crippen LogP contribution < -0.4 is 5.32 Å². The van der Waals surface area contributed by atoms with Crippen LogP contribution in [0.5, 0.6) is 0 Å². The molecule has 1 amide bonds. The molecule has 1 aromatic carbocycles. The SMILES string of the molecule is CCC(C)NC(=O)c1cc(S(=O)(=O)Cl)c(F)cc1Cl. The minimum atomic E-state index is -4.28. The quantitative estimate of drug-likeness (QED) is 0.865. The number of halogens is 3. The lowest BCUT2D eigenvalue weighted by Crippen LogP contribution is -2.32. The zero-order chi connectivity index (χ0) is 14.8. The zero-order valence-corrected chi connectivity index (χ0v) is 12.5. The summed E-state index contributed by atoms with van der Waals surface area (Å²) in [5, 5.41) is 2.42. The van der Waals surface area contributed by atoms with Gasteiger partial charge in [0.1, 0.15) is 10.7 Å². The summed E-state index contributed by atoms with van der Waals surface area (Å²) in [4.78, 5) is 11.1. The first-order chi connectivity index (χ1) is 8.66. The third-order valence-electron chi connectivity index (χ3n) is 2.52. The molecule has 0 spiro atoms. The van der Waals surface area contributed by atoms with Crippen molar-refractivity contribution in [2.75, 3.05) is 0 Å². The summed E-state index contributed by atoms with van der Waals surface area (Å²) >= 11 is 5.73. The van der Waals surface area contributed by atoms with Crippen LogP contribution in [0.2, 0.25) is 5.02 Å². The molecule has 19 heavy (non-hydrogen) atoms. The van der Waals surface area contributed by atoms with Crippen molar-refractivity contribution in [1.29, 1.82) is 0 Å². The summed E-state index contributed by atoms with van der Waals surface area (Å²) in [6.07, 6.45) is 0.686. The Kier molecular flexibility index (Phi) is 5.18. The lowest BCUT2D eigenvalue weighted by Gasteiger charge is -2.13. The maximum atomic E-state index is 13.4. The van der Waals surface area contributed by atoms with E-state index < -0.39 is 25.7 Å². The van der Waals surface area contributed by atoms with Crippen LogP contribution in [0.25, 0.3) is 0 Å². The number of benzene rings is 1. The van der Waals surface area contributed by atoms with E-state index in [-0.39, 0.29) is 16.6 Å². The van der Waals surface area contributed by atoms with E-state index in [0.29, 0.717) is 6.42 Å². The molecule has 0 saturated heterocycles. The number of hydrogen-bond donors (Lipinski definition) is 1. The van der Waals surface area contributed by atoms with Crippen LogP contribution >= 0.6 is 22.3 Å². The first-order valence-electron chi connectivity index (χ1n) is 5.41. The maximum Gasteiger partial charge on any atom is 0.264 e. The molecular weight excluding hydrogens is 316 g/mol. The fraction of sp³-hybridized carbons (Fsp3) is 0.364. The highest BCUT2D eigenvalue weighted by molar-refractivity contribution is 8.13. The predicted molar refractivity (Wildman–Crippen MR) is 71.7 cm³/mol. The number of carbonyl (C=O) groups is 1. The molecule has 4 nitrogen and oxygen atoms in total. The summed E-state index contributed by atoms with van der Waals surface area (Å²) in [5.74, 6) is -1.68. The molecule has 0 aliphatic heterocycles. The van der Waals surface area contributed by atoms with Gasteiger partial charge in [0.15, 0.2) is 0 Å².